The molecule has 6 nitrogen and oxygen atoms in total. The number of amides is 1. The summed E-state index contributed by atoms with van der Waals surface area (Å²) in [6, 6.07) is 20.7. The van der Waals surface area contributed by atoms with Gasteiger partial charge in [0.2, 0.25) is 5.82 Å². The van der Waals surface area contributed by atoms with Crippen LogP contribution in [0.2, 0.25) is 5.02 Å². The van der Waals surface area contributed by atoms with Gasteiger partial charge < -0.3 is 5.32 Å². The third-order valence-electron chi connectivity index (χ3n) is 3.88. The van der Waals surface area contributed by atoms with E-state index in [1.807, 2.05) is 48.5 Å². The molecule has 2 aromatic carbocycles. The third-order valence-corrected chi connectivity index (χ3v) is 4.11. The Hall–Kier alpha value is -3.25. The van der Waals surface area contributed by atoms with Crippen LogP contribution in [-0.4, -0.2) is 25.7 Å². The van der Waals surface area contributed by atoms with Crippen LogP contribution >= 0.6 is 11.6 Å². The highest BCUT2D eigenvalue weighted by Gasteiger charge is 2.16. The lowest BCUT2D eigenvalue weighted by molar-refractivity contribution is 0.0938. The predicted molar refractivity (Wildman–Crippen MR) is 98.8 cm³/mol. The van der Waals surface area contributed by atoms with Crippen LogP contribution in [0.3, 0.4) is 0 Å². The summed E-state index contributed by atoms with van der Waals surface area (Å²) in [7, 11) is 0. The van der Waals surface area contributed by atoms with Crippen molar-refractivity contribution in [3.05, 3.63) is 83.1 Å². The summed E-state index contributed by atoms with van der Waals surface area (Å²) in [5, 5.41) is 15.9. The maximum absolute atomic E-state index is 12.5. The zero-order chi connectivity index (χ0) is 17.9. The molecule has 0 spiro atoms. The summed E-state index contributed by atoms with van der Waals surface area (Å²) >= 11 is 5.96. The average molecular weight is 364 g/mol. The van der Waals surface area contributed by atoms with Gasteiger partial charge in [-0.1, -0.05) is 54.1 Å². The van der Waals surface area contributed by atoms with Gasteiger partial charge in [-0.3, -0.25) is 4.79 Å². The van der Waals surface area contributed by atoms with Crippen molar-refractivity contribution in [2.75, 3.05) is 0 Å². The second kappa shape index (κ2) is 6.93. The molecule has 128 valence electrons. The monoisotopic (exact) mass is 363 g/mol. The average Bonchev–Trinajstić information content (AvgIpc) is 3.10. The van der Waals surface area contributed by atoms with Crippen LogP contribution in [0.5, 0.6) is 0 Å². The quantitative estimate of drug-likeness (QED) is 0.603. The summed E-state index contributed by atoms with van der Waals surface area (Å²) in [5.41, 5.74) is 3.10. The normalized spacial score (nSPS) is 10.8. The second-order valence-corrected chi connectivity index (χ2v) is 6.13. The van der Waals surface area contributed by atoms with Crippen LogP contribution < -0.4 is 5.32 Å². The first kappa shape index (κ1) is 16.2. The first-order valence-electron chi connectivity index (χ1n) is 8.01. The zero-order valence-electron chi connectivity index (χ0n) is 13.6. The second-order valence-electron chi connectivity index (χ2n) is 5.69. The largest absolute Gasteiger partial charge is 0.345 e. The molecule has 0 fully saturated rings. The SMILES string of the molecule is O=C(NCc1cccc(Cl)c1)c1nnc2ccc(-c3ccccc3)nn12. The molecule has 0 saturated heterocycles. The number of nitrogens with one attached hydrogen (secondary N) is 1. The van der Waals surface area contributed by atoms with Gasteiger partial charge in [0, 0.05) is 17.1 Å². The van der Waals surface area contributed by atoms with E-state index in [9.17, 15) is 4.79 Å². The summed E-state index contributed by atoms with van der Waals surface area (Å²) < 4.78 is 1.45. The number of aromatic nitrogens is 4. The fourth-order valence-electron chi connectivity index (χ4n) is 2.60. The van der Waals surface area contributed by atoms with Gasteiger partial charge in [-0.25, -0.2) is 0 Å². The van der Waals surface area contributed by atoms with Gasteiger partial charge in [-0.05, 0) is 29.8 Å². The number of rotatable bonds is 4. The molecule has 0 atom stereocenters. The minimum absolute atomic E-state index is 0.139. The highest BCUT2D eigenvalue weighted by atomic mass is 35.5. The molecule has 4 aromatic rings. The fourth-order valence-corrected chi connectivity index (χ4v) is 2.81. The van der Waals surface area contributed by atoms with Gasteiger partial charge in [0.15, 0.2) is 5.65 Å². The highest BCUT2D eigenvalue weighted by Crippen LogP contribution is 2.17. The van der Waals surface area contributed by atoms with Gasteiger partial charge >= 0.3 is 0 Å². The van der Waals surface area contributed by atoms with E-state index in [0.29, 0.717) is 17.2 Å². The number of carbonyl (C=O) groups is 1. The van der Waals surface area contributed by atoms with Crippen molar-refractivity contribution in [1.82, 2.24) is 25.1 Å². The van der Waals surface area contributed by atoms with E-state index >= 15 is 0 Å². The van der Waals surface area contributed by atoms with Crippen molar-refractivity contribution >= 4 is 23.2 Å². The van der Waals surface area contributed by atoms with E-state index in [1.165, 1.54) is 4.52 Å². The standard InChI is InChI=1S/C19H14ClN5O/c20-15-8-4-5-13(11-15)12-21-19(26)18-23-22-17-10-9-16(24-25(17)18)14-6-2-1-3-7-14/h1-11H,12H2,(H,21,26). The number of hydrogen-bond acceptors (Lipinski definition) is 4. The number of halogens is 1. The summed E-state index contributed by atoms with van der Waals surface area (Å²) in [5.74, 6) is -0.213. The zero-order valence-corrected chi connectivity index (χ0v) is 14.4. The number of nitrogens with zero attached hydrogens (tertiary/aromatic N) is 4. The molecule has 2 aromatic heterocycles. The Balaban J connectivity index is 1.60. The maximum Gasteiger partial charge on any atom is 0.291 e. The number of hydrogen-bond donors (Lipinski definition) is 1. The Bertz CT molecular complexity index is 1080. The molecule has 0 aliphatic carbocycles. The predicted octanol–water partition coefficient (Wildman–Crippen LogP) is 3.37. The van der Waals surface area contributed by atoms with Crippen molar-refractivity contribution in [3.8, 4) is 11.3 Å². The molecule has 0 saturated carbocycles. The maximum atomic E-state index is 12.5. The summed E-state index contributed by atoms with van der Waals surface area (Å²) in [6.07, 6.45) is 0. The first-order chi connectivity index (χ1) is 12.7. The van der Waals surface area contributed by atoms with Gasteiger partial charge in [-0.2, -0.15) is 9.61 Å². The molecular weight excluding hydrogens is 350 g/mol. The van der Waals surface area contributed by atoms with Gasteiger partial charge in [-0.15, -0.1) is 10.2 Å². The van der Waals surface area contributed by atoms with Crippen molar-refractivity contribution in [1.29, 1.82) is 0 Å². The van der Waals surface area contributed by atoms with E-state index < -0.39 is 0 Å². The van der Waals surface area contributed by atoms with Crippen LogP contribution in [0.15, 0.2) is 66.7 Å². The van der Waals surface area contributed by atoms with E-state index in [-0.39, 0.29) is 11.7 Å². The van der Waals surface area contributed by atoms with Crippen molar-refractivity contribution in [2.45, 2.75) is 6.54 Å². The highest BCUT2D eigenvalue weighted by molar-refractivity contribution is 6.30. The van der Waals surface area contributed by atoms with E-state index in [4.69, 9.17) is 11.6 Å². The lowest BCUT2D eigenvalue weighted by atomic mass is 10.1. The number of fused-ring (bicyclic) bond motifs is 1. The third kappa shape index (κ3) is 3.27. The molecular formula is C19H14ClN5O. The van der Waals surface area contributed by atoms with Crippen LogP contribution in [0.1, 0.15) is 16.2 Å². The van der Waals surface area contributed by atoms with E-state index in [1.54, 1.807) is 18.2 Å². The van der Waals surface area contributed by atoms with Crippen LogP contribution in [0, 0.1) is 0 Å². The molecule has 0 aliphatic rings. The van der Waals surface area contributed by atoms with Crippen molar-refractivity contribution in [3.63, 3.8) is 0 Å². The molecule has 7 heteroatoms. The van der Waals surface area contributed by atoms with Gasteiger partial charge in [0.25, 0.3) is 5.91 Å². The molecule has 1 amide bonds. The molecule has 0 aliphatic heterocycles. The smallest absolute Gasteiger partial charge is 0.291 e. The molecule has 0 bridgehead atoms. The Morgan fingerprint density at radius 2 is 1.85 bits per heavy atom. The lowest BCUT2D eigenvalue weighted by Gasteiger charge is -2.05. The van der Waals surface area contributed by atoms with E-state index in [2.05, 4.69) is 20.6 Å². The Morgan fingerprint density at radius 1 is 1.00 bits per heavy atom. The van der Waals surface area contributed by atoms with Crippen molar-refractivity contribution in [2.24, 2.45) is 0 Å². The lowest BCUT2D eigenvalue weighted by Crippen LogP contribution is -2.25. The minimum atomic E-state index is -0.352. The summed E-state index contributed by atoms with van der Waals surface area (Å²) in [4.78, 5) is 12.5. The van der Waals surface area contributed by atoms with Crippen LogP contribution in [0.25, 0.3) is 16.9 Å². The summed E-state index contributed by atoms with van der Waals surface area (Å²) in [6.45, 7) is 0.340. The molecule has 0 unspecified atom stereocenters. The van der Waals surface area contributed by atoms with E-state index in [0.717, 1.165) is 16.8 Å². The molecule has 2 heterocycles. The van der Waals surface area contributed by atoms with Gasteiger partial charge in [0.05, 0.1) is 5.69 Å². The molecule has 26 heavy (non-hydrogen) atoms. The Kier molecular flexibility index (Phi) is 4.33. The number of carbonyl (C=O) groups excluding carboxylic acids is 1. The number of benzene rings is 2. The Morgan fingerprint density at radius 3 is 2.65 bits per heavy atom. The first-order valence-corrected chi connectivity index (χ1v) is 8.39. The van der Waals surface area contributed by atoms with Gasteiger partial charge in [0.1, 0.15) is 0 Å². The molecule has 0 radical (unpaired) electrons. The molecule has 1 N–H and O–H groups in total. The van der Waals surface area contributed by atoms with Crippen molar-refractivity contribution < 1.29 is 4.79 Å². The topological polar surface area (TPSA) is 72.2 Å². The molecule has 4 rings (SSSR count). The Labute approximate surface area is 154 Å². The van der Waals surface area contributed by atoms with Crippen LogP contribution in [-0.2, 0) is 6.54 Å². The minimum Gasteiger partial charge on any atom is -0.345 e. The fraction of sp³-hybridized carbons (Fsp3) is 0.0526. The van der Waals surface area contributed by atoms with Crippen LogP contribution in [0.4, 0.5) is 0 Å².